The van der Waals surface area contributed by atoms with E-state index in [0.717, 1.165) is 17.4 Å². The lowest BCUT2D eigenvalue weighted by atomic mass is 10.2. The van der Waals surface area contributed by atoms with Gasteiger partial charge in [-0.25, -0.2) is 9.97 Å². The summed E-state index contributed by atoms with van der Waals surface area (Å²) in [4.78, 5) is 8.30. The maximum atomic E-state index is 10.7. The highest BCUT2D eigenvalue weighted by Crippen LogP contribution is 2.32. The largest absolute Gasteiger partial charge is 0.390 e. The molecule has 1 fully saturated rings. The van der Waals surface area contributed by atoms with Crippen LogP contribution in [0, 0.1) is 0 Å². The standard InChI is InChI=1S/C13H18N4O5S/c1-2-8-6-17(13-9(8)4-14-7-15-13)12-3-10(18)11(22-12)5-16-23(19,20)21/h4,6-7,10-12,16,18H,2-3,5H2,1H3,(H,19,20,21)/t10-,11+,12+/m0/s1. The Balaban J connectivity index is 1.83. The highest BCUT2D eigenvalue weighted by atomic mass is 32.2. The number of fused-ring (bicyclic) bond motifs is 1. The van der Waals surface area contributed by atoms with Gasteiger partial charge >= 0.3 is 10.3 Å². The molecule has 1 saturated heterocycles. The summed E-state index contributed by atoms with van der Waals surface area (Å²) in [7, 11) is -4.32. The van der Waals surface area contributed by atoms with Crippen molar-refractivity contribution in [1.29, 1.82) is 0 Å². The van der Waals surface area contributed by atoms with Crippen LogP contribution in [0.3, 0.4) is 0 Å². The van der Waals surface area contributed by atoms with Crippen LogP contribution in [0.1, 0.15) is 25.1 Å². The first kappa shape index (κ1) is 16.3. The Kier molecular flexibility index (Phi) is 4.34. The van der Waals surface area contributed by atoms with Gasteiger partial charge in [0, 0.05) is 30.7 Å². The molecule has 126 valence electrons. The number of aliphatic hydroxyl groups is 1. The summed E-state index contributed by atoms with van der Waals surface area (Å²) >= 11 is 0. The van der Waals surface area contributed by atoms with Crippen LogP contribution in [0.5, 0.6) is 0 Å². The average Bonchev–Trinajstić information content (AvgIpc) is 3.05. The van der Waals surface area contributed by atoms with Crippen molar-refractivity contribution in [3.63, 3.8) is 0 Å². The zero-order valence-corrected chi connectivity index (χ0v) is 13.3. The van der Waals surface area contributed by atoms with E-state index >= 15 is 0 Å². The molecule has 0 spiro atoms. The molecule has 23 heavy (non-hydrogen) atoms. The molecule has 1 aliphatic rings. The molecule has 0 bridgehead atoms. The normalized spacial score (nSPS) is 25.3. The van der Waals surface area contributed by atoms with Crippen LogP contribution < -0.4 is 4.72 Å². The molecule has 2 aromatic heterocycles. The SMILES string of the molecule is CCc1cn([C@H]2C[C@H](O)[C@@H](CNS(=O)(=O)O)O2)c2ncncc12. The highest BCUT2D eigenvalue weighted by molar-refractivity contribution is 7.83. The Hall–Kier alpha value is -1.59. The molecular weight excluding hydrogens is 324 g/mol. The topological polar surface area (TPSA) is 127 Å². The molecule has 0 aliphatic carbocycles. The predicted octanol–water partition coefficient (Wildman–Crippen LogP) is 0.0345. The van der Waals surface area contributed by atoms with Crippen LogP contribution in [-0.4, -0.2) is 51.4 Å². The summed E-state index contributed by atoms with van der Waals surface area (Å²) < 4.78 is 39.7. The van der Waals surface area contributed by atoms with Gasteiger partial charge in [-0.2, -0.15) is 13.1 Å². The van der Waals surface area contributed by atoms with E-state index < -0.39 is 28.7 Å². The lowest BCUT2D eigenvalue weighted by Crippen LogP contribution is -2.36. The molecule has 9 nitrogen and oxygen atoms in total. The summed E-state index contributed by atoms with van der Waals surface area (Å²) in [5.41, 5.74) is 1.77. The van der Waals surface area contributed by atoms with Crippen molar-refractivity contribution in [3.8, 4) is 0 Å². The molecular formula is C13H18N4O5S. The zero-order chi connectivity index (χ0) is 16.6. The third kappa shape index (κ3) is 3.35. The number of aromatic nitrogens is 3. The Labute approximate surface area is 133 Å². The first-order valence-corrected chi connectivity index (χ1v) is 8.68. The quantitative estimate of drug-likeness (QED) is 0.655. The van der Waals surface area contributed by atoms with Crippen LogP contribution in [0.15, 0.2) is 18.7 Å². The van der Waals surface area contributed by atoms with E-state index in [1.54, 1.807) is 6.20 Å². The maximum absolute atomic E-state index is 10.7. The second-order valence-electron chi connectivity index (χ2n) is 5.43. The van der Waals surface area contributed by atoms with Crippen LogP contribution in [-0.2, 0) is 21.5 Å². The van der Waals surface area contributed by atoms with Gasteiger partial charge in [-0.3, -0.25) is 4.55 Å². The second-order valence-corrected chi connectivity index (χ2v) is 6.67. The number of rotatable bonds is 5. The summed E-state index contributed by atoms with van der Waals surface area (Å²) in [5.74, 6) is 0. The average molecular weight is 342 g/mol. The van der Waals surface area contributed by atoms with Gasteiger partial charge < -0.3 is 14.4 Å². The number of hydrogen-bond acceptors (Lipinski definition) is 6. The van der Waals surface area contributed by atoms with Crippen molar-refractivity contribution in [2.45, 2.75) is 38.2 Å². The molecule has 1 aliphatic heterocycles. The zero-order valence-electron chi connectivity index (χ0n) is 12.5. The van der Waals surface area contributed by atoms with Crippen LogP contribution in [0.2, 0.25) is 0 Å². The van der Waals surface area contributed by atoms with Gasteiger partial charge in [0.25, 0.3) is 0 Å². The Morgan fingerprint density at radius 1 is 1.52 bits per heavy atom. The number of aliphatic hydroxyl groups excluding tert-OH is 1. The smallest absolute Gasteiger partial charge is 0.333 e. The van der Waals surface area contributed by atoms with E-state index in [4.69, 9.17) is 9.29 Å². The highest BCUT2D eigenvalue weighted by Gasteiger charge is 2.36. The first-order valence-electron chi connectivity index (χ1n) is 7.24. The van der Waals surface area contributed by atoms with E-state index in [0.29, 0.717) is 12.1 Å². The van der Waals surface area contributed by atoms with E-state index in [1.807, 2.05) is 22.4 Å². The minimum atomic E-state index is -4.32. The summed E-state index contributed by atoms with van der Waals surface area (Å²) in [5, 5.41) is 11.0. The lowest BCUT2D eigenvalue weighted by Gasteiger charge is -2.15. The molecule has 0 amide bonds. The molecule has 3 heterocycles. The van der Waals surface area contributed by atoms with Gasteiger partial charge in [0.05, 0.1) is 12.2 Å². The number of nitrogens with zero attached hydrogens (tertiary/aromatic N) is 3. The third-order valence-corrected chi connectivity index (χ3v) is 4.47. The fourth-order valence-electron chi connectivity index (χ4n) is 2.81. The van der Waals surface area contributed by atoms with Crippen molar-refractivity contribution in [2.24, 2.45) is 0 Å². The number of hydrogen-bond donors (Lipinski definition) is 3. The third-order valence-electron chi connectivity index (χ3n) is 3.94. The molecule has 0 unspecified atom stereocenters. The number of nitrogens with one attached hydrogen (secondary N) is 1. The van der Waals surface area contributed by atoms with Gasteiger partial charge in [-0.05, 0) is 12.0 Å². The number of ether oxygens (including phenoxy) is 1. The molecule has 0 aromatic carbocycles. The summed E-state index contributed by atoms with van der Waals surface area (Å²) in [6, 6.07) is 0. The molecule has 0 saturated carbocycles. The van der Waals surface area contributed by atoms with E-state index in [9.17, 15) is 13.5 Å². The number of aryl methyl sites for hydroxylation is 1. The van der Waals surface area contributed by atoms with E-state index in [-0.39, 0.29) is 6.54 Å². The van der Waals surface area contributed by atoms with Crippen molar-refractivity contribution < 1.29 is 22.8 Å². The molecule has 3 rings (SSSR count). The van der Waals surface area contributed by atoms with Crippen LogP contribution in [0.25, 0.3) is 11.0 Å². The molecule has 10 heteroatoms. The van der Waals surface area contributed by atoms with Crippen molar-refractivity contribution in [2.75, 3.05) is 6.54 Å². The predicted molar refractivity (Wildman–Crippen MR) is 81.0 cm³/mol. The van der Waals surface area contributed by atoms with Gasteiger partial charge in [-0.1, -0.05) is 6.92 Å². The van der Waals surface area contributed by atoms with Gasteiger partial charge in [-0.15, -0.1) is 0 Å². The fourth-order valence-corrected chi connectivity index (χ4v) is 3.19. The summed E-state index contributed by atoms with van der Waals surface area (Å²) in [6.07, 6.45) is 4.15. The van der Waals surface area contributed by atoms with E-state index in [1.165, 1.54) is 6.33 Å². The first-order chi connectivity index (χ1) is 10.9. The minimum absolute atomic E-state index is 0.203. The van der Waals surface area contributed by atoms with Crippen LogP contribution >= 0.6 is 0 Å². The van der Waals surface area contributed by atoms with Crippen molar-refractivity contribution in [1.82, 2.24) is 19.3 Å². The second kappa shape index (κ2) is 6.13. The molecule has 3 N–H and O–H groups in total. The van der Waals surface area contributed by atoms with Crippen molar-refractivity contribution in [3.05, 3.63) is 24.3 Å². The van der Waals surface area contributed by atoms with Gasteiger partial charge in [0.1, 0.15) is 18.2 Å². The lowest BCUT2D eigenvalue weighted by molar-refractivity contribution is -0.0133. The van der Waals surface area contributed by atoms with E-state index in [2.05, 4.69) is 9.97 Å². The van der Waals surface area contributed by atoms with Crippen LogP contribution in [0.4, 0.5) is 0 Å². The Morgan fingerprint density at radius 3 is 3.00 bits per heavy atom. The maximum Gasteiger partial charge on any atom is 0.333 e. The fraction of sp³-hybridized carbons (Fsp3) is 0.538. The summed E-state index contributed by atoms with van der Waals surface area (Å²) in [6.45, 7) is 1.82. The van der Waals surface area contributed by atoms with Gasteiger partial charge in [0.15, 0.2) is 0 Å². The molecule has 2 aromatic rings. The monoisotopic (exact) mass is 342 g/mol. The van der Waals surface area contributed by atoms with Gasteiger partial charge in [0.2, 0.25) is 0 Å². The molecule has 3 atom stereocenters. The molecule has 0 radical (unpaired) electrons. The minimum Gasteiger partial charge on any atom is -0.390 e. The Bertz CT molecular complexity index is 806. The Morgan fingerprint density at radius 2 is 2.30 bits per heavy atom. The van der Waals surface area contributed by atoms with Crippen molar-refractivity contribution >= 4 is 21.3 Å².